The molecule has 0 aliphatic heterocycles. The van der Waals surface area contributed by atoms with Crippen molar-refractivity contribution < 1.29 is 19.5 Å². The van der Waals surface area contributed by atoms with Crippen LogP contribution in [0, 0.1) is 11.3 Å². The van der Waals surface area contributed by atoms with Crippen LogP contribution in [0.15, 0.2) is 0 Å². The van der Waals surface area contributed by atoms with Crippen molar-refractivity contribution in [3.05, 3.63) is 0 Å². The van der Waals surface area contributed by atoms with Gasteiger partial charge in [0, 0.05) is 25.4 Å². The summed E-state index contributed by atoms with van der Waals surface area (Å²) in [5, 5.41) is 14.9. The standard InChI is InChI=1S/C15H24N2O4/c18-12(16-8-9-17-13(19)11-4-5-11)10-15(14(20)21)6-2-1-3-7-15/h11H,1-10H2,(H,16,18)(H,17,19)(H,20,21). The van der Waals surface area contributed by atoms with Crippen molar-refractivity contribution in [1.29, 1.82) is 0 Å². The Morgan fingerprint density at radius 1 is 1.00 bits per heavy atom. The molecule has 2 amide bonds. The van der Waals surface area contributed by atoms with Gasteiger partial charge in [-0.1, -0.05) is 19.3 Å². The molecule has 0 atom stereocenters. The summed E-state index contributed by atoms with van der Waals surface area (Å²) in [5.41, 5.74) is -0.889. The first-order chi connectivity index (χ1) is 10.0. The predicted octanol–water partition coefficient (Wildman–Crippen LogP) is 1.05. The number of carbonyl (C=O) groups is 3. The Balaban J connectivity index is 1.69. The number of nitrogens with one attached hydrogen (secondary N) is 2. The zero-order valence-corrected chi connectivity index (χ0v) is 12.3. The van der Waals surface area contributed by atoms with Crippen molar-refractivity contribution in [3.8, 4) is 0 Å². The van der Waals surface area contributed by atoms with Gasteiger partial charge in [-0.25, -0.2) is 0 Å². The first-order valence-electron chi connectivity index (χ1n) is 7.81. The fraction of sp³-hybridized carbons (Fsp3) is 0.800. The van der Waals surface area contributed by atoms with E-state index in [0.717, 1.165) is 32.1 Å². The molecule has 6 heteroatoms. The molecule has 2 aliphatic rings. The summed E-state index contributed by atoms with van der Waals surface area (Å²) in [4.78, 5) is 34.8. The van der Waals surface area contributed by atoms with Crippen LogP contribution in [-0.4, -0.2) is 36.0 Å². The number of aliphatic carboxylic acids is 1. The summed E-state index contributed by atoms with van der Waals surface area (Å²) in [6, 6.07) is 0. The Morgan fingerprint density at radius 2 is 1.62 bits per heavy atom. The fourth-order valence-electron chi connectivity index (χ4n) is 2.94. The maximum atomic E-state index is 11.9. The van der Waals surface area contributed by atoms with Crippen LogP contribution in [0.1, 0.15) is 51.4 Å². The zero-order chi connectivity index (χ0) is 15.3. The van der Waals surface area contributed by atoms with Gasteiger partial charge in [-0.2, -0.15) is 0 Å². The molecule has 2 saturated carbocycles. The van der Waals surface area contributed by atoms with Crippen molar-refractivity contribution in [2.24, 2.45) is 11.3 Å². The molecule has 0 bridgehead atoms. The highest BCUT2D eigenvalue weighted by molar-refractivity contribution is 5.85. The number of rotatable bonds is 7. The van der Waals surface area contributed by atoms with Gasteiger partial charge in [0.2, 0.25) is 11.8 Å². The topological polar surface area (TPSA) is 95.5 Å². The molecule has 118 valence electrons. The van der Waals surface area contributed by atoms with E-state index in [9.17, 15) is 19.5 Å². The SMILES string of the molecule is O=C(CC1(C(=O)O)CCCCC1)NCCNC(=O)C1CC1. The summed E-state index contributed by atoms with van der Waals surface area (Å²) in [5.74, 6) is -0.879. The molecule has 2 fully saturated rings. The van der Waals surface area contributed by atoms with E-state index >= 15 is 0 Å². The van der Waals surface area contributed by atoms with E-state index < -0.39 is 11.4 Å². The van der Waals surface area contributed by atoms with Gasteiger partial charge < -0.3 is 15.7 Å². The minimum atomic E-state index is -0.889. The molecular formula is C15H24N2O4. The van der Waals surface area contributed by atoms with Crippen molar-refractivity contribution in [2.45, 2.75) is 51.4 Å². The van der Waals surface area contributed by atoms with Gasteiger partial charge in [0.05, 0.1) is 5.41 Å². The lowest BCUT2D eigenvalue weighted by Crippen LogP contribution is -2.41. The van der Waals surface area contributed by atoms with Gasteiger partial charge in [0.15, 0.2) is 0 Å². The first kappa shape index (κ1) is 15.8. The largest absolute Gasteiger partial charge is 0.481 e. The average Bonchev–Trinajstić information content (AvgIpc) is 3.29. The number of carbonyl (C=O) groups excluding carboxylic acids is 2. The maximum absolute atomic E-state index is 11.9. The average molecular weight is 296 g/mol. The maximum Gasteiger partial charge on any atom is 0.310 e. The van der Waals surface area contributed by atoms with Crippen LogP contribution >= 0.6 is 0 Å². The van der Waals surface area contributed by atoms with Crippen LogP contribution in [0.3, 0.4) is 0 Å². The molecule has 2 rings (SSSR count). The number of carboxylic acid groups (broad SMARTS) is 1. The molecule has 0 unspecified atom stereocenters. The Hall–Kier alpha value is -1.59. The lowest BCUT2D eigenvalue weighted by molar-refractivity contribution is -0.154. The number of carboxylic acids is 1. The highest BCUT2D eigenvalue weighted by Crippen LogP contribution is 2.39. The normalized spacial score (nSPS) is 20.6. The summed E-state index contributed by atoms with van der Waals surface area (Å²) < 4.78 is 0. The third-order valence-corrected chi connectivity index (χ3v) is 4.46. The third-order valence-electron chi connectivity index (χ3n) is 4.46. The van der Waals surface area contributed by atoms with E-state index in [2.05, 4.69) is 10.6 Å². The van der Waals surface area contributed by atoms with Gasteiger partial charge >= 0.3 is 5.97 Å². The van der Waals surface area contributed by atoms with E-state index in [4.69, 9.17) is 0 Å². The molecule has 0 saturated heterocycles. The van der Waals surface area contributed by atoms with Crippen molar-refractivity contribution >= 4 is 17.8 Å². The molecule has 0 radical (unpaired) electrons. The van der Waals surface area contributed by atoms with E-state index in [0.29, 0.717) is 25.9 Å². The van der Waals surface area contributed by atoms with Crippen LogP contribution < -0.4 is 10.6 Å². The highest BCUT2D eigenvalue weighted by atomic mass is 16.4. The molecule has 0 aromatic carbocycles. The quantitative estimate of drug-likeness (QED) is 0.612. The lowest BCUT2D eigenvalue weighted by atomic mass is 9.71. The molecule has 2 aliphatic carbocycles. The van der Waals surface area contributed by atoms with Crippen molar-refractivity contribution in [1.82, 2.24) is 10.6 Å². The Kier molecular flexibility index (Phi) is 5.20. The summed E-state index contributed by atoms with van der Waals surface area (Å²) in [6.07, 6.45) is 5.90. The van der Waals surface area contributed by atoms with E-state index in [1.54, 1.807) is 0 Å². The molecule has 0 aromatic rings. The smallest absolute Gasteiger partial charge is 0.310 e. The molecule has 0 aromatic heterocycles. The first-order valence-corrected chi connectivity index (χ1v) is 7.81. The second-order valence-electron chi connectivity index (χ2n) is 6.24. The van der Waals surface area contributed by atoms with Crippen LogP contribution in [-0.2, 0) is 14.4 Å². The highest BCUT2D eigenvalue weighted by Gasteiger charge is 2.41. The summed E-state index contributed by atoms with van der Waals surface area (Å²) in [7, 11) is 0. The minimum Gasteiger partial charge on any atom is -0.481 e. The Labute approximate surface area is 124 Å². The molecule has 6 nitrogen and oxygen atoms in total. The van der Waals surface area contributed by atoms with Crippen molar-refractivity contribution in [2.75, 3.05) is 13.1 Å². The van der Waals surface area contributed by atoms with E-state index in [-0.39, 0.29) is 24.2 Å². The van der Waals surface area contributed by atoms with Gasteiger partial charge in [-0.05, 0) is 25.7 Å². The minimum absolute atomic E-state index is 0.0406. The van der Waals surface area contributed by atoms with Crippen LogP contribution in [0.25, 0.3) is 0 Å². The summed E-state index contributed by atoms with van der Waals surface area (Å²) >= 11 is 0. The Morgan fingerprint density at radius 3 is 2.19 bits per heavy atom. The monoisotopic (exact) mass is 296 g/mol. The number of amides is 2. The third kappa shape index (κ3) is 4.44. The molecule has 3 N–H and O–H groups in total. The van der Waals surface area contributed by atoms with Gasteiger partial charge in [0.25, 0.3) is 0 Å². The fourth-order valence-corrected chi connectivity index (χ4v) is 2.94. The van der Waals surface area contributed by atoms with Gasteiger partial charge in [0.1, 0.15) is 0 Å². The number of hydrogen-bond donors (Lipinski definition) is 3. The lowest BCUT2D eigenvalue weighted by Gasteiger charge is -2.32. The molecule has 0 spiro atoms. The molecule has 0 heterocycles. The van der Waals surface area contributed by atoms with Crippen molar-refractivity contribution in [3.63, 3.8) is 0 Å². The second-order valence-corrected chi connectivity index (χ2v) is 6.24. The summed E-state index contributed by atoms with van der Waals surface area (Å²) in [6.45, 7) is 0.758. The van der Waals surface area contributed by atoms with Crippen LogP contribution in [0.2, 0.25) is 0 Å². The van der Waals surface area contributed by atoms with Gasteiger partial charge in [-0.3, -0.25) is 14.4 Å². The Bertz CT molecular complexity index is 412. The second kappa shape index (κ2) is 6.91. The van der Waals surface area contributed by atoms with E-state index in [1.807, 2.05) is 0 Å². The van der Waals surface area contributed by atoms with Crippen LogP contribution in [0.4, 0.5) is 0 Å². The zero-order valence-electron chi connectivity index (χ0n) is 12.3. The van der Waals surface area contributed by atoms with Crippen LogP contribution in [0.5, 0.6) is 0 Å². The molecular weight excluding hydrogens is 272 g/mol. The number of hydrogen-bond acceptors (Lipinski definition) is 3. The van der Waals surface area contributed by atoms with Gasteiger partial charge in [-0.15, -0.1) is 0 Å². The predicted molar refractivity (Wildman–Crippen MR) is 76.5 cm³/mol. The molecule has 21 heavy (non-hydrogen) atoms. The van der Waals surface area contributed by atoms with E-state index in [1.165, 1.54) is 0 Å².